The smallest absolute Gasteiger partial charge is 0.312 e. The molecule has 0 saturated heterocycles. The molecule has 1 atom stereocenters. The lowest BCUT2D eigenvalue weighted by Gasteiger charge is -2.34. The van der Waals surface area contributed by atoms with E-state index in [0.717, 1.165) is 51.4 Å². The predicted octanol–water partition coefficient (Wildman–Crippen LogP) is 6.37. The second kappa shape index (κ2) is 12.2. The number of hydrogen-bond acceptors (Lipinski definition) is 6. The van der Waals surface area contributed by atoms with Gasteiger partial charge in [0, 0.05) is 12.5 Å². The van der Waals surface area contributed by atoms with Gasteiger partial charge in [0.15, 0.2) is 0 Å². The van der Waals surface area contributed by atoms with Crippen molar-refractivity contribution in [2.24, 2.45) is 5.41 Å². The van der Waals surface area contributed by atoms with Gasteiger partial charge in [0.25, 0.3) is 0 Å². The standard InChI is InChI=1S/C31H40N2O4/c1-8-33-27-16-15-26(21(3)29(27)32)28(31(4,5)30(34)36-7)23-12-9-20(2)24(17-23)19-37-18-22-10-13-25(35-6)14-11-22/h9-17,28,33H,8,18-19,32H2,1-7H3/t28-/m0/s1. The maximum absolute atomic E-state index is 13.0. The fraction of sp³-hybridized carbons (Fsp3) is 0.387. The zero-order chi connectivity index (χ0) is 27.2. The molecule has 6 heteroatoms. The topological polar surface area (TPSA) is 82.8 Å². The molecule has 198 valence electrons. The number of aryl methyl sites for hydroxylation is 1. The quantitative estimate of drug-likeness (QED) is 0.233. The first-order valence-electron chi connectivity index (χ1n) is 12.6. The number of methoxy groups -OCH3 is 2. The van der Waals surface area contributed by atoms with Crippen LogP contribution in [0, 0.1) is 19.3 Å². The van der Waals surface area contributed by atoms with Crippen LogP contribution in [0.2, 0.25) is 0 Å². The van der Waals surface area contributed by atoms with E-state index in [0.29, 0.717) is 18.9 Å². The van der Waals surface area contributed by atoms with Gasteiger partial charge in [0.1, 0.15) is 5.75 Å². The Morgan fingerprint density at radius 2 is 1.70 bits per heavy atom. The summed E-state index contributed by atoms with van der Waals surface area (Å²) in [5.74, 6) is 0.281. The van der Waals surface area contributed by atoms with Crippen molar-refractivity contribution >= 4 is 17.3 Å². The molecule has 0 radical (unpaired) electrons. The molecule has 0 saturated carbocycles. The van der Waals surface area contributed by atoms with E-state index in [-0.39, 0.29) is 11.9 Å². The van der Waals surface area contributed by atoms with Gasteiger partial charge in [-0.25, -0.2) is 0 Å². The number of ether oxygens (including phenoxy) is 3. The fourth-order valence-corrected chi connectivity index (χ4v) is 4.80. The number of nitrogens with one attached hydrogen (secondary N) is 1. The minimum Gasteiger partial charge on any atom is -0.497 e. The van der Waals surface area contributed by atoms with Crippen molar-refractivity contribution in [3.63, 3.8) is 0 Å². The lowest BCUT2D eigenvalue weighted by Crippen LogP contribution is -2.34. The van der Waals surface area contributed by atoms with E-state index < -0.39 is 5.41 Å². The van der Waals surface area contributed by atoms with Crippen LogP contribution in [-0.2, 0) is 27.5 Å². The Bertz CT molecular complexity index is 1220. The fourth-order valence-electron chi connectivity index (χ4n) is 4.80. The normalized spacial score (nSPS) is 12.2. The molecule has 0 aromatic heterocycles. The molecule has 0 aliphatic carbocycles. The van der Waals surface area contributed by atoms with Crippen LogP contribution < -0.4 is 15.8 Å². The van der Waals surface area contributed by atoms with Crippen molar-refractivity contribution in [3.05, 3.63) is 88.0 Å². The van der Waals surface area contributed by atoms with Gasteiger partial charge in [-0.3, -0.25) is 4.79 Å². The van der Waals surface area contributed by atoms with Crippen LogP contribution in [0.1, 0.15) is 60.1 Å². The SMILES string of the molecule is CCNc1ccc([C@H](c2ccc(C)c(COCc3ccc(OC)cc3)c2)C(C)(C)C(=O)OC)c(C)c1N. The van der Waals surface area contributed by atoms with Gasteiger partial charge in [-0.15, -0.1) is 0 Å². The molecule has 0 aliphatic rings. The third kappa shape index (κ3) is 6.25. The Hall–Kier alpha value is -3.51. The summed E-state index contributed by atoms with van der Waals surface area (Å²) in [6.07, 6.45) is 0. The highest BCUT2D eigenvalue weighted by atomic mass is 16.5. The zero-order valence-electron chi connectivity index (χ0n) is 23.1. The minimum absolute atomic E-state index is 0.265. The van der Waals surface area contributed by atoms with Crippen LogP contribution in [0.3, 0.4) is 0 Å². The number of carbonyl (C=O) groups is 1. The molecular formula is C31H40N2O4. The Morgan fingerprint density at radius 1 is 1.00 bits per heavy atom. The molecule has 0 heterocycles. The number of nitrogen functional groups attached to an aromatic ring is 1. The van der Waals surface area contributed by atoms with Gasteiger partial charge in [0.05, 0.1) is 44.2 Å². The first-order chi connectivity index (χ1) is 17.6. The Morgan fingerprint density at radius 3 is 2.32 bits per heavy atom. The van der Waals surface area contributed by atoms with Gasteiger partial charge in [-0.2, -0.15) is 0 Å². The van der Waals surface area contributed by atoms with Gasteiger partial charge in [-0.05, 0) is 86.2 Å². The summed E-state index contributed by atoms with van der Waals surface area (Å²) < 4.78 is 16.6. The molecule has 3 aromatic carbocycles. The van der Waals surface area contributed by atoms with Crippen molar-refractivity contribution in [2.75, 3.05) is 31.8 Å². The van der Waals surface area contributed by atoms with Gasteiger partial charge in [-0.1, -0.05) is 36.4 Å². The molecule has 0 bridgehead atoms. The zero-order valence-corrected chi connectivity index (χ0v) is 23.1. The summed E-state index contributed by atoms with van der Waals surface area (Å²) in [6, 6.07) is 18.3. The van der Waals surface area contributed by atoms with E-state index >= 15 is 0 Å². The molecule has 0 spiro atoms. The van der Waals surface area contributed by atoms with E-state index in [2.05, 4.69) is 36.5 Å². The molecule has 0 fully saturated rings. The molecule has 3 aromatic rings. The number of esters is 1. The average Bonchev–Trinajstić information content (AvgIpc) is 2.89. The van der Waals surface area contributed by atoms with Crippen LogP contribution in [0.5, 0.6) is 5.75 Å². The average molecular weight is 505 g/mol. The van der Waals surface area contributed by atoms with E-state index in [1.165, 1.54) is 7.11 Å². The summed E-state index contributed by atoms with van der Waals surface area (Å²) in [7, 11) is 3.09. The third-order valence-electron chi connectivity index (χ3n) is 7.06. The molecule has 0 amide bonds. The summed E-state index contributed by atoms with van der Waals surface area (Å²) >= 11 is 0. The summed E-state index contributed by atoms with van der Waals surface area (Å²) in [6.45, 7) is 11.7. The summed E-state index contributed by atoms with van der Waals surface area (Å²) in [5.41, 5.74) is 13.5. The minimum atomic E-state index is -0.831. The first kappa shape index (κ1) is 28.1. The number of benzene rings is 3. The third-order valence-corrected chi connectivity index (χ3v) is 7.06. The second-order valence-electron chi connectivity index (χ2n) is 9.94. The van der Waals surface area contributed by atoms with Crippen molar-refractivity contribution in [1.29, 1.82) is 0 Å². The number of anilines is 2. The molecule has 3 N–H and O–H groups in total. The lowest BCUT2D eigenvalue weighted by molar-refractivity contribution is -0.151. The van der Waals surface area contributed by atoms with E-state index in [1.807, 2.05) is 58.0 Å². The van der Waals surface area contributed by atoms with Crippen molar-refractivity contribution in [3.8, 4) is 5.75 Å². The van der Waals surface area contributed by atoms with Crippen LogP contribution >= 0.6 is 0 Å². The number of carbonyl (C=O) groups excluding carboxylic acids is 1. The lowest BCUT2D eigenvalue weighted by atomic mass is 9.69. The molecular weight excluding hydrogens is 464 g/mol. The number of nitrogens with two attached hydrogens (primary N) is 1. The maximum Gasteiger partial charge on any atom is 0.312 e. The van der Waals surface area contributed by atoms with Crippen LogP contribution in [0.15, 0.2) is 54.6 Å². The monoisotopic (exact) mass is 504 g/mol. The molecule has 6 nitrogen and oxygen atoms in total. The van der Waals surface area contributed by atoms with Crippen molar-refractivity contribution in [2.45, 2.75) is 53.8 Å². The first-order valence-corrected chi connectivity index (χ1v) is 12.6. The second-order valence-corrected chi connectivity index (χ2v) is 9.94. The van der Waals surface area contributed by atoms with Crippen LogP contribution in [-0.4, -0.2) is 26.7 Å². The predicted molar refractivity (Wildman–Crippen MR) is 150 cm³/mol. The van der Waals surface area contributed by atoms with E-state index in [1.54, 1.807) is 7.11 Å². The van der Waals surface area contributed by atoms with Gasteiger partial charge < -0.3 is 25.3 Å². The van der Waals surface area contributed by atoms with Crippen LogP contribution in [0.25, 0.3) is 0 Å². The highest BCUT2D eigenvalue weighted by Crippen LogP contribution is 2.45. The number of hydrogen-bond donors (Lipinski definition) is 2. The molecule has 3 rings (SSSR count). The Labute approximate surface area is 221 Å². The Balaban J connectivity index is 1.97. The maximum atomic E-state index is 13.0. The van der Waals surface area contributed by atoms with E-state index in [9.17, 15) is 4.79 Å². The van der Waals surface area contributed by atoms with E-state index in [4.69, 9.17) is 19.9 Å². The summed E-state index contributed by atoms with van der Waals surface area (Å²) in [5, 5.41) is 3.31. The number of rotatable bonds is 11. The Kier molecular flexibility index (Phi) is 9.22. The summed E-state index contributed by atoms with van der Waals surface area (Å²) in [4.78, 5) is 13.0. The molecule has 37 heavy (non-hydrogen) atoms. The van der Waals surface area contributed by atoms with Crippen LogP contribution in [0.4, 0.5) is 11.4 Å². The highest BCUT2D eigenvalue weighted by Gasteiger charge is 2.41. The van der Waals surface area contributed by atoms with Gasteiger partial charge >= 0.3 is 5.97 Å². The largest absolute Gasteiger partial charge is 0.497 e. The highest BCUT2D eigenvalue weighted by molar-refractivity contribution is 5.79. The molecule has 0 aliphatic heterocycles. The molecule has 0 unspecified atom stereocenters. The van der Waals surface area contributed by atoms with Crippen molar-refractivity contribution in [1.82, 2.24) is 0 Å². The van der Waals surface area contributed by atoms with Gasteiger partial charge in [0.2, 0.25) is 0 Å². The van der Waals surface area contributed by atoms with Crippen molar-refractivity contribution < 1.29 is 19.0 Å².